The second-order valence-electron chi connectivity index (χ2n) is 8.82. The lowest BCUT2D eigenvalue weighted by Crippen LogP contribution is -2.47. The highest BCUT2D eigenvalue weighted by atomic mass is 127. The summed E-state index contributed by atoms with van der Waals surface area (Å²) in [6.45, 7) is 13.3. The zero-order valence-electron chi connectivity index (χ0n) is 20.4. The molecule has 2 aromatic rings. The predicted octanol–water partition coefficient (Wildman–Crippen LogP) is 2.32. The van der Waals surface area contributed by atoms with Gasteiger partial charge in [-0.25, -0.2) is 4.99 Å². The first-order chi connectivity index (χ1) is 15.4. The van der Waals surface area contributed by atoms with E-state index in [4.69, 9.17) is 0 Å². The minimum absolute atomic E-state index is 0. The van der Waals surface area contributed by atoms with Gasteiger partial charge in [-0.3, -0.25) is 9.58 Å². The van der Waals surface area contributed by atoms with Crippen molar-refractivity contribution < 1.29 is 5.11 Å². The predicted molar refractivity (Wildman–Crippen MR) is 147 cm³/mol. The Bertz CT molecular complexity index is 875. The summed E-state index contributed by atoms with van der Waals surface area (Å²) < 4.78 is 1.69. The topological polar surface area (TPSA) is 80.9 Å². The number of aliphatic imine (C=N–C) groups is 1. The monoisotopic (exact) mass is 569 g/mol. The fourth-order valence-electron chi connectivity index (χ4n) is 3.93. The standard InChI is InChI=1S/C24H39N7O.HI/c1-5-25-23(27-19-24(3,32)21-17-28-29(4)18-21)26-10-7-11-30-12-14-31(15-13-30)22-9-6-8-20(2)16-22;/h6,8-9,16-18,32H,5,7,10-15,19H2,1-4H3,(H2,25,26,27);1H. The number of aryl methyl sites for hydroxylation is 2. The van der Waals surface area contributed by atoms with Crippen molar-refractivity contribution in [1.29, 1.82) is 0 Å². The van der Waals surface area contributed by atoms with E-state index in [0.29, 0.717) is 0 Å². The van der Waals surface area contributed by atoms with Crippen molar-refractivity contribution in [3.63, 3.8) is 0 Å². The van der Waals surface area contributed by atoms with Crippen LogP contribution in [0.2, 0.25) is 0 Å². The molecule has 184 valence electrons. The number of hydrogen-bond donors (Lipinski definition) is 3. The van der Waals surface area contributed by atoms with E-state index in [-0.39, 0.29) is 30.5 Å². The van der Waals surface area contributed by atoms with Gasteiger partial charge < -0.3 is 20.6 Å². The van der Waals surface area contributed by atoms with Crippen molar-refractivity contribution in [2.45, 2.75) is 32.8 Å². The van der Waals surface area contributed by atoms with Crippen LogP contribution in [0.4, 0.5) is 5.69 Å². The molecule has 1 aliphatic rings. The molecular weight excluding hydrogens is 529 g/mol. The van der Waals surface area contributed by atoms with Crippen molar-refractivity contribution in [2.24, 2.45) is 12.0 Å². The van der Waals surface area contributed by atoms with Crippen LogP contribution in [0.3, 0.4) is 0 Å². The maximum absolute atomic E-state index is 10.8. The van der Waals surface area contributed by atoms with E-state index in [0.717, 1.165) is 63.8 Å². The summed E-state index contributed by atoms with van der Waals surface area (Å²) >= 11 is 0. The zero-order chi connectivity index (χ0) is 23.0. The molecule has 0 bridgehead atoms. The molecule has 1 saturated heterocycles. The molecule has 1 aromatic heterocycles. The first-order valence-corrected chi connectivity index (χ1v) is 11.6. The summed E-state index contributed by atoms with van der Waals surface area (Å²) in [5, 5.41) is 21.6. The molecule has 9 heteroatoms. The molecule has 1 aromatic carbocycles. The Morgan fingerprint density at radius 1 is 1.21 bits per heavy atom. The number of aromatic nitrogens is 2. The molecule has 3 rings (SSSR count). The Hall–Kier alpha value is -1.85. The van der Waals surface area contributed by atoms with Gasteiger partial charge in [0.15, 0.2) is 5.96 Å². The van der Waals surface area contributed by atoms with Crippen LogP contribution >= 0.6 is 24.0 Å². The van der Waals surface area contributed by atoms with Crippen molar-refractivity contribution in [2.75, 3.05) is 57.3 Å². The highest BCUT2D eigenvalue weighted by Crippen LogP contribution is 2.20. The minimum Gasteiger partial charge on any atom is -0.383 e. The van der Waals surface area contributed by atoms with Crippen LogP contribution in [0.5, 0.6) is 0 Å². The summed E-state index contributed by atoms with van der Waals surface area (Å²) in [4.78, 5) is 9.60. The van der Waals surface area contributed by atoms with Gasteiger partial charge in [0.05, 0.1) is 12.7 Å². The highest BCUT2D eigenvalue weighted by Gasteiger charge is 2.24. The molecule has 1 unspecified atom stereocenters. The molecule has 0 amide bonds. The van der Waals surface area contributed by atoms with Crippen LogP contribution in [-0.4, -0.2) is 78.1 Å². The third-order valence-corrected chi connectivity index (χ3v) is 5.90. The van der Waals surface area contributed by atoms with Crippen LogP contribution in [0.15, 0.2) is 41.7 Å². The number of benzene rings is 1. The summed E-state index contributed by atoms with van der Waals surface area (Å²) in [5.74, 6) is 0.737. The maximum atomic E-state index is 10.8. The van der Waals surface area contributed by atoms with E-state index in [1.54, 1.807) is 17.8 Å². The van der Waals surface area contributed by atoms with Crippen LogP contribution in [0, 0.1) is 6.92 Å². The minimum atomic E-state index is -1.05. The SMILES string of the molecule is CCNC(=NCC(C)(O)c1cnn(C)c1)NCCCN1CCN(c2cccc(C)c2)CC1.I. The number of nitrogens with zero attached hydrogens (tertiary/aromatic N) is 5. The summed E-state index contributed by atoms with van der Waals surface area (Å²) in [7, 11) is 1.84. The maximum Gasteiger partial charge on any atom is 0.191 e. The second kappa shape index (κ2) is 13.1. The van der Waals surface area contributed by atoms with Crippen molar-refractivity contribution in [3.8, 4) is 0 Å². The first kappa shape index (κ1) is 27.4. The van der Waals surface area contributed by atoms with E-state index < -0.39 is 5.60 Å². The highest BCUT2D eigenvalue weighted by molar-refractivity contribution is 14.0. The van der Waals surface area contributed by atoms with Gasteiger partial charge in [-0.2, -0.15) is 5.10 Å². The summed E-state index contributed by atoms with van der Waals surface area (Å²) in [5.41, 5.74) is 2.37. The largest absolute Gasteiger partial charge is 0.383 e. The molecule has 1 aliphatic heterocycles. The molecule has 1 atom stereocenters. The van der Waals surface area contributed by atoms with E-state index in [1.807, 2.05) is 20.2 Å². The van der Waals surface area contributed by atoms with Crippen molar-refractivity contribution in [1.82, 2.24) is 25.3 Å². The number of nitrogens with one attached hydrogen (secondary N) is 2. The fraction of sp³-hybridized carbons (Fsp3) is 0.583. The van der Waals surface area contributed by atoms with E-state index >= 15 is 0 Å². The molecule has 33 heavy (non-hydrogen) atoms. The Labute approximate surface area is 215 Å². The van der Waals surface area contributed by atoms with Gasteiger partial charge in [0.25, 0.3) is 0 Å². The van der Waals surface area contributed by atoms with Crippen LogP contribution < -0.4 is 15.5 Å². The normalized spacial score (nSPS) is 16.8. The second-order valence-corrected chi connectivity index (χ2v) is 8.82. The number of halogens is 1. The molecule has 0 aliphatic carbocycles. The van der Waals surface area contributed by atoms with Crippen molar-refractivity contribution in [3.05, 3.63) is 47.8 Å². The Morgan fingerprint density at radius 2 is 1.97 bits per heavy atom. The molecule has 1 fully saturated rings. The number of guanidine groups is 1. The Balaban J connectivity index is 0.00000385. The lowest BCUT2D eigenvalue weighted by atomic mass is 10.0. The van der Waals surface area contributed by atoms with Gasteiger partial charge in [0.1, 0.15) is 5.60 Å². The van der Waals surface area contributed by atoms with Gasteiger partial charge in [0, 0.05) is 63.8 Å². The lowest BCUT2D eigenvalue weighted by molar-refractivity contribution is 0.0672. The van der Waals surface area contributed by atoms with Gasteiger partial charge in [-0.1, -0.05) is 12.1 Å². The fourth-order valence-corrected chi connectivity index (χ4v) is 3.93. The average molecular weight is 570 g/mol. The molecule has 0 saturated carbocycles. The molecule has 3 N–H and O–H groups in total. The molecule has 2 heterocycles. The molecular formula is C24H40IN7O. The molecule has 0 spiro atoms. The third kappa shape index (κ3) is 8.46. The zero-order valence-corrected chi connectivity index (χ0v) is 22.7. The lowest BCUT2D eigenvalue weighted by Gasteiger charge is -2.36. The van der Waals surface area contributed by atoms with Crippen LogP contribution in [-0.2, 0) is 12.6 Å². The number of hydrogen-bond acceptors (Lipinski definition) is 5. The van der Waals surface area contributed by atoms with Crippen LogP contribution in [0.25, 0.3) is 0 Å². The van der Waals surface area contributed by atoms with Crippen LogP contribution in [0.1, 0.15) is 31.4 Å². The molecule has 0 radical (unpaired) electrons. The van der Waals surface area contributed by atoms with E-state index in [2.05, 4.69) is 61.7 Å². The average Bonchev–Trinajstić information content (AvgIpc) is 3.23. The number of aliphatic hydroxyl groups is 1. The number of anilines is 1. The van der Waals surface area contributed by atoms with Gasteiger partial charge >= 0.3 is 0 Å². The molecule has 8 nitrogen and oxygen atoms in total. The first-order valence-electron chi connectivity index (χ1n) is 11.6. The Kier molecular flexibility index (Phi) is 10.9. The summed E-state index contributed by atoms with van der Waals surface area (Å²) in [6, 6.07) is 8.77. The van der Waals surface area contributed by atoms with Gasteiger partial charge in [-0.05, 0) is 51.4 Å². The quantitative estimate of drug-likeness (QED) is 0.186. The Morgan fingerprint density at radius 3 is 2.61 bits per heavy atom. The third-order valence-electron chi connectivity index (χ3n) is 5.90. The van der Waals surface area contributed by atoms with Gasteiger partial charge in [-0.15, -0.1) is 24.0 Å². The van der Waals surface area contributed by atoms with Crippen molar-refractivity contribution >= 4 is 35.6 Å². The van der Waals surface area contributed by atoms with E-state index in [1.165, 1.54) is 11.3 Å². The van der Waals surface area contributed by atoms with E-state index in [9.17, 15) is 5.11 Å². The summed E-state index contributed by atoms with van der Waals surface area (Å²) in [6.07, 6.45) is 4.57. The number of piperazine rings is 1. The smallest absolute Gasteiger partial charge is 0.191 e. The van der Waals surface area contributed by atoms with Gasteiger partial charge in [0.2, 0.25) is 0 Å². The number of rotatable bonds is 9.